The second kappa shape index (κ2) is 7.55. The lowest BCUT2D eigenvalue weighted by Crippen LogP contribution is -2.28. The Bertz CT molecular complexity index is 956. The van der Waals surface area contributed by atoms with E-state index in [2.05, 4.69) is 27.7 Å². The maximum atomic E-state index is 12.7. The standard InChI is InChI=1S/C21H26N4O2/c1-3-20-22-16-9-5-6-10-18(16)25(20)13-12-21(26)24(2)14-17-15-8-4-7-11-19(15)27-23-17/h5-6,9-10H,3-4,7-8,11-14H2,1-2H3. The number of fused-ring (bicyclic) bond motifs is 2. The first-order valence-corrected chi connectivity index (χ1v) is 9.81. The van der Waals surface area contributed by atoms with E-state index in [4.69, 9.17) is 4.52 Å². The molecule has 0 N–H and O–H groups in total. The van der Waals surface area contributed by atoms with Crippen molar-refractivity contribution in [2.24, 2.45) is 0 Å². The smallest absolute Gasteiger partial charge is 0.224 e. The Hall–Kier alpha value is -2.63. The second-order valence-corrected chi connectivity index (χ2v) is 7.26. The highest BCUT2D eigenvalue weighted by atomic mass is 16.5. The van der Waals surface area contributed by atoms with Crippen LogP contribution in [0, 0.1) is 0 Å². The fraction of sp³-hybridized carbons (Fsp3) is 0.476. The summed E-state index contributed by atoms with van der Waals surface area (Å²) in [5.74, 6) is 2.15. The minimum Gasteiger partial charge on any atom is -0.361 e. The molecule has 142 valence electrons. The molecule has 2 heterocycles. The van der Waals surface area contributed by atoms with Gasteiger partial charge in [-0.2, -0.15) is 0 Å². The molecular formula is C21H26N4O2. The van der Waals surface area contributed by atoms with E-state index in [1.807, 2.05) is 25.2 Å². The second-order valence-electron chi connectivity index (χ2n) is 7.26. The third-order valence-electron chi connectivity index (χ3n) is 5.44. The van der Waals surface area contributed by atoms with Crippen molar-refractivity contribution >= 4 is 16.9 Å². The molecular weight excluding hydrogens is 340 g/mol. The zero-order chi connectivity index (χ0) is 18.8. The van der Waals surface area contributed by atoms with Crippen molar-refractivity contribution in [2.75, 3.05) is 7.05 Å². The van der Waals surface area contributed by atoms with Crippen LogP contribution >= 0.6 is 0 Å². The van der Waals surface area contributed by atoms with Crippen LogP contribution < -0.4 is 0 Å². The summed E-state index contributed by atoms with van der Waals surface area (Å²) in [7, 11) is 1.85. The van der Waals surface area contributed by atoms with Crippen LogP contribution in [0.4, 0.5) is 0 Å². The van der Waals surface area contributed by atoms with E-state index in [0.717, 1.165) is 54.0 Å². The number of amides is 1. The Morgan fingerprint density at radius 3 is 2.93 bits per heavy atom. The van der Waals surface area contributed by atoms with E-state index in [0.29, 0.717) is 19.5 Å². The number of aryl methyl sites for hydroxylation is 3. The number of benzene rings is 1. The van der Waals surface area contributed by atoms with Gasteiger partial charge in [-0.1, -0.05) is 24.2 Å². The predicted octanol–water partition coefficient (Wildman–Crippen LogP) is 3.51. The fourth-order valence-electron chi connectivity index (χ4n) is 3.93. The third kappa shape index (κ3) is 3.48. The molecule has 1 amide bonds. The molecule has 1 aromatic carbocycles. The van der Waals surface area contributed by atoms with Gasteiger partial charge in [0, 0.05) is 38.4 Å². The monoisotopic (exact) mass is 366 g/mol. The van der Waals surface area contributed by atoms with Crippen LogP contribution in [0.5, 0.6) is 0 Å². The molecule has 0 bridgehead atoms. The first-order valence-electron chi connectivity index (χ1n) is 9.81. The highest BCUT2D eigenvalue weighted by Crippen LogP contribution is 2.25. The predicted molar refractivity (Wildman–Crippen MR) is 103 cm³/mol. The molecule has 0 saturated carbocycles. The van der Waals surface area contributed by atoms with Crippen LogP contribution in [0.15, 0.2) is 28.8 Å². The number of aromatic nitrogens is 3. The van der Waals surface area contributed by atoms with Crippen LogP contribution in [0.3, 0.4) is 0 Å². The van der Waals surface area contributed by atoms with Crippen LogP contribution in [0.2, 0.25) is 0 Å². The minimum atomic E-state index is 0.113. The van der Waals surface area contributed by atoms with E-state index in [9.17, 15) is 4.79 Å². The summed E-state index contributed by atoms with van der Waals surface area (Å²) in [6.07, 6.45) is 5.61. The van der Waals surface area contributed by atoms with Gasteiger partial charge in [0.2, 0.25) is 5.91 Å². The Labute approximate surface area is 159 Å². The van der Waals surface area contributed by atoms with Gasteiger partial charge in [0.15, 0.2) is 0 Å². The Morgan fingerprint density at radius 1 is 1.26 bits per heavy atom. The molecule has 0 unspecified atom stereocenters. The van der Waals surface area contributed by atoms with Gasteiger partial charge in [0.25, 0.3) is 0 Å². The SMILES string of the molecule is CCc1nc2ccccc2n1CCC(=O)N(C)Cc1noc2c1CCCC2. The van der Waals surface area contributed by atoms with Gasteiger partial charge in [-0.3, -0.25) is 4.79 Å². The normalized spacial score (nSPS) is 13.7. The molecule has 27 heavy (non-hydrogen) atoms. The molecule has 0 atom stereocenters. The van der Waals surface area contributed by atoms with E-state index in [-0.39, 0.29) is 5.91 Å². The summed E-state index contributed by atoms with van der Waals surface area (Å²) in [4.78, 5) is 19.1. The highest BCUT2D eigenvalue weighted by molar-refractivity contribution is 5.78. The Balaban J connectivity index is 1.43. The van der Waals surface area contributed by atoms with Crippen LogP contribution in [0.25, 0.3) is 11.0 Å². The van der Waals surface area contributed by atoms with Crippen molar-refractivity contribution < 1.29 is 9.32 Å². The zero-order valence-corrected chi connectivity index (χ0v) is 16.1. The lowest BCUT2D eigenvalue weighted by Gasteiger charge is -2.18. The van der Waals surface area contributed by atoms with Crippen LogP contribution in [-0.2, 0) is 37.1 Å². The van der Waals surface area contributed by atoms with Gasteiger partial charge in [-0.05, 0) is 31.4 Å². The van der Waals surface area contributed by atoms with Crippen LogP contribution in [0.1, 0.15) is 49.0 Å². The van der Waals surface area contributed by atoms with Gasteiger partial charge in [-0.15, -0.1) is 0 Å². The molecule has 6 nitrogen and oxygen atoms in total. The number of rotatable bonds is 6. The molecule has 1 aliphatic carbocycles. The number of carbonyl (C=O) groups is 1. The zero-order valence-electron chi connectivity index (χ0n) is 16.1. The lowest BCUT2D eigenvalue weighted by atomic mass is 9.96. The molecule has 6 heteroatoms. The van der Waals surface area contributed by atoms with E-state index >= 15 is 0 Å². The molecule has 0 radical (unpaired) electrons. The highest BCUT2D eigenvalue weighted by Gasteiger charge is 2.21. The summed E-state index contributed by atoms with van der Waals surface area (Å²) >= 11 is 0. The van der Waals surface area contributed by atoms with Crippen molar-refractivity contribution in [3.63, 3.8) is 0 Å². The minimum absolute atomic E-state index is 0.113. The molecule has 0 saturated heterocycles. The topological polar surface area (TPSA) is 64.2 Å². The van der Waals surface area contributed by atoms with Crippen molar-refractivity contribution in [1.82, 2.24) is 19.6 Å². The van der Waals surface area contributed by atoms with Crippen LogP contribution in [-0.4, -0.2) is 32.6 Å². The average molecular weight is 366 g/mol. The molecule has 0 spiro atoms. The number of para-hydroxylation sites is 2. The van der Waals surface area contributed by atoms with Crippen molar-refractivity contribution in [2.45, 2.75) is 58.5 Å². The first-order chi connectivity index (χ1) is 13.2. The van der Waals surface area contributed by atoms with Crippen molar-refractivity contribution in [3.8, 4) is 0 Å². The Kier molecular flexibility index (Phi) is 4.97. The van der Waals surface area contributed by atoms with E-state index in [1.54, 1.807) is 4.90 Å². The largest absolute Gasteiger partial charge is 0.361 e. The van der Waals surface area contributed by atoms with Gasteiger partial charge in [0.05, 0.1) is 17.6 Å². The average Bonchev–Trinajstić information content (AvgIpc) is 3.27. The summed E-state index contributed by atoms with van der Waals surface area (Å²) in [6, 6.07) is 8.10. The molecule has 3 aromatic rings. The summed E-state index contributed by atoms with van der Waals surface area (Å²) in [6.45, 7) is 3.26. The number of hydrogen-bond donors (Lipinski definition) is 0. The maximum absolute atomic E-state index is 12.7. The number of imidazole rings is 1. The van der Waals surface area contributed by atoms with Gasteiger partial charge in [0.1, 0.15) is 17.3 Å². The van der Waals surface area contributed by atoms with E-state index < -0.39 is 0 Å². The summed E-state index contributed by atoms with van der Waals surface area (Å²) in [5, 5.41) is 4.21. The fourth-order valence-corrected chi connectivity index (χ4v) is 3.93. The lowest BCUT2D eigenvalue weighted by molar-refractivity contribution is -0.130. The number of carbonyl (C=O) groups excluding carboxylic acids is 1. The molecule has 4 rings (SSSR count). The summed E-state index contributed by atoms with van der Waals surface area (Å²) in [5.41, 5.74) is 4.22. The first kappa shape index (κ1) is 17.8. The third-order valence-corrected chi connectivity index (χ3v) is 5.44. The molecule has 2 aromatic heterocycles. The number of hydrogen-bond acceptors (Lipinski definition) is 4. The molecule has 0 aliphatic heterocycles. The Morgan fingerprint density at radius 2 is 2.07 bits per heavy atom. The summed E-state index contributed by atoms with van der Waals surface area (Å²) < 4.78 is 7.63. The van der Waals surface area contributed by atoms with Gasteiger partial charge < -0.3 is 14.0 Å². The number of nitrogens with zero attached hydrogens (tertiary/aromatic N) is 4. The van der Waals surface area contributed by atoms with Gasteiger partial charge in [-0.25, -0.2) is 4.98 Å². The van der Waals surface area contributed by atoms with Crippen molar-refractivity contribution in [1.29, 1.82) is 0 Å². The quantitative estimate of drug-likeness (QED) is 0.670. The molecule has 1 aliphatic rings. The van der Waals surface area contributed by atoms with Crippen molar-refractivity contribution in [3.05, 3.63) is 47.1 Å². The van der Waals surface area contributed by atoms with Gasteiger partial charge >= 0.3 is 0 Å². The molecule has 0 fully saturated rings. The van der Waals surface area contributed by atoms with E-state index in [1.165, 1.54) is 12.0 Å². The maximum Gasteiger partial charge on any atom is 0.224 e.